The Balaban J connectivity index is 1.85. The van der Waals surface area contributed by atoms with Crippen LogP contribution in [-0.2, 0) is 0 Å². The van der Waals surface area contributed by atoms with Crippen LogP contribution >= 0.6 is 11.6 Å². The Hall–Kier alpha value is -3.37. The lowest BCUT2D eigenvalue weighted by Crippen LogP contribution is -2.07. The van der Waals surface area contributed by atoms with Crippen molar-refractivity contribution in [2.75, 3.05) is 0 Å². The summed E-state index contributed by atoms with van der Waals surface area (Å²) >= 11 is 6.12. The molecule has 2 heterocycles. The van der Waals surface area contributed by atoms with Crippen LogP contribution < -0.4 is 5.63 Å². The maximum atomic E-state index is 12.8. The molecule has 0 radical (unpaired) electrons. The molecule has 5 rings (SSSR count). The molecule has 0 bridgehead atoms. The summed E-state index contributed by atoms with van der Waals surface area (Å²) in [6, 6.07) is 22.9. The number of hydrogen-bond donors (Lipinski definition) is 0. The lowest BCUT2D eigenvalue weighted by molar-refractivity contribution is 0.562. The van der Waals surface area contributed by atoms with Crippen molar-refractivity contribution in [1.29, 1.82) is 0 Å². The van der Waals surface area contributed by atoms with Crippen molar-refractivity contribution in [1.82, 2.24) is 9.55 Å². The van der Waals surface area contributed by atoms with Crippen molar-refractivity contribution >= 4 is 33.6 Å². The van der Waals surface area contributed by atoms with E-state index in [1.807, 2.05) is 60.0 Å². The van der Waals surface area contributed by atoms with E-state index < -0.39 is 5.63 Å². The van der Waals surface area contributed by atoms with Crippen molar-refractivity contribution in [2.24, 2.45) is 0 Å². The predicted octanol–water partition coefficient (Wildman–Crippen LogP) is 5.76. The molecule has 0 fully saturated rings. The largest absolute Gasteiger partial charge is 0.422 e. The molecule has 28 heavy (non-hydrogen) atoms. The summed E-state index contributed by atoms with van der Waals surface area (Å²) < 4.78 is 7.52. The zero-order valence-corrected chi connectivity index (χ0v) is 15.8. The fourth-order valence-electron chi connectivity index (χ4n) is 3.41. The molecule has 0 aliphatic carbocycles. The number of halogens is 1. The van der Waals surface area contributed by atoms with Gasteiger partial charge in [0.1, 0.15) is 11.1 Å². The van der Waals surface area contributed by atoms with E-state index in [0.29, 0.717) is 22.0 Å². The van der Waals surface area contributed by atoms with Crippen LogP contribution in [0.1, 0.15) is 5.56 Å². The first-order valence-corrected chi connectivity index (χ1v) is 9.26. The van der Waals surface area contributed by atoms with E-state index >= 15 is 0 Å². The summed E-state index contributed by atoms with van der Waals surface area (Å²) in [5, 5.41) is 1.34. The zero-order chi connectivity index (χ0) is 19.3. The third-order valence-electron chi connectivity index (χ3n) is 4.79. The van der Waals surface area contributed by atoms with Crippen LogP contribution in [-0.4, -0.2) is 9.55 Å². The van der Waals surface area contributed by atoms with Crippen LogP contribution in [0.25, 0.3) is 39.1 Å². The highest BCUT2D eigenvalue weighted by Gasteiger charge is 2.18. The average Bonchev–Trinajstić information content (AvgIpc) is 3.08. The van der Waals surface area contributed by atoms with Crippen LogP contribution in [0, 0.1) is 6.92 Å². The standard InChI is InChI=1S/C23H15ClN2O2/c1-14-6-9-17(10-7-14)26-20-5-3-2-4-19(20)25-22(26)18-13-15-12-16(24)8-11-21(15)28-23(18)27/h2-13H,1H3. The predicted molar refractivity (Wildman–Crippen MR) is 112 cm³/mol. The molecule has 0 spiro atoms. The fraction of sp³-hybridized carbons (Fsp3) is 0.0435. The highest BCUT2D eigenvalue weighted by molar-refractivity contribution is 6.31. The van der Waals surface area contributed by atoms with E-state index in [1.165, 1.54) is 0 Å². The molecule has 0 saturated carbocycles. The van der Waals surface area contributed by atoms with Crippen LogP contribution in [0.3, 0.4) is 0 Å². The monoisotopic (exact) mass is 386 g/mol. The number of aryl methyl sites for hydroxylation is 1. The summed E-state index contributed by atoms with van der Waals surface area (Å²) in [5.74, 6) is 0.542. The number of rotatable bonds is 2. The maximum Gasteiger partial charge on any atom is 0.347 e. The molecule has 0 aliphatic rings. The molecule has 2 aromatic heterocycles. The van der Waals surface area contributed by atoms with Gasteiger partial charge in [0.25, 0.3) is 0 Å². The first-order valence-electron chi connectivity index (χ1n) is 8.88. The molecule has 0 unspecified atom stereocenters. The highest BCUT2D eigenvalue weighted by Crippen LogP contribution is 2.29. The third kappa shape index (κ3) is 2.70. The fourth-order valence-corrected chi connectivity index (χ4v) is 3.59. The number of nitrogens with zero attached hydrogens (tertiary/aromatic N) is 2. The van der Waals surface area contributed by atoms with Gasteiger partial charge in [-0.25, -0.2) is 9.78 Å². The normalized spacial score (nSPS) is 11.4. The van der Waals surface area contributed by atoms with Crippen LogP contribution in [0.5, 0.6) is 0 Å². The molecule has 4 nitrogen and oxygen atoms in total. The topological polar surface area (TPSA) is 48.0 Å². The van der Waals surface area contributed by atoms with Gasteiger partial charge in [-0.15, -0.1) is 0 Å². The Morgan fingerprint density at radius 2 is 1.75 bits per heavy atom. The summed E-state index contributed by atoms with van der Waals surface area (Å²) in [4.78, 5) is 17.5. The van der Waals surface area contributed by atoms with Gasteiger partial charge >= 0.3 is 5.63 Å². The van der Waals surface area contributed by atoms with Crippen molar-refractivity contribution in [3.63, 3.8) is 0 Å². The molecule has 5 heteroatoms. The number of benzene rings is 3. The quantitative estimate of drug-likeness (QED) is 0.362. The molecule has 0 saturated heterocycles. The van der Waals surface area contributed by atoms with Gasteiger partial charge in [-0.1, -0.05) is 41.4 Å². The summed E-state index contributed by atoms with van der Waals surface area (Å²) in [7, 11) is 0. The molecule has 0 atom stereocenters. The van der Waals surface area contributed by atoms with Gasteiger partial charge in [0, 0.05) is 16.1 Å². The number of hydrogen-bond acceptors (Lipinski definition) is 3. The smallest absolute Gasteiger partial charge is 0.347 e. The Morgan fingerprint density at radius 3 is 2.57 bits per heavy atom. The Labute approximate surface area is 165 Å². The van der Waals surface area contributed by atoms with Gasteiger partial charge in [-0.05, 0) is 55.5 Å². The second-order valence-electron chi connectivity index (χ2n) is 6.72. The molecule has 136 valence electrons. The first-order chi connectivity index (χ1) is 13.6. The van der Waals surface area contributed by atoms with Crippen molar-refractivity contribution < 1.29 is 4.42 Å². The van der Waals surface area contributed by atoms with Crippen molar-refractivity contribution in [3.05, 3.63) is 93.8 Å². The highest BCUT2D eigenvalue weighted by atomic mass is 35.5. The summed E-state index contributed by atoms with van der Waals surface area (Å²) in [5.41, 5.74) is 4.28. The van der Waals surface area contributed by atoms with E-state index in [0.717, 1.165) is 27.7 Å². The third-order valence-corrected chi connectivity index (χ3v) is 5.02. The van der Waals surface area contributed by atoms with Crippen LogP contribution in [0.15, 0.2) is 82.0 Å². The van der Waals surface area contributed by atoms with Crippen LogP contribution in [0.4, 0.5) is 0 Å². The van der Waals surface area contributed by atoms with E-state index in [-0.39, 0.29) is 0 Å². The number of fused-ring (bicyclic) bond motifs is 2. The molecule has 5 aromatic rings. The van der Waals surface area contributed by atoms with Crippen molar-refractivity contribution in [3.8, 4) is 17.1 Å². The van der Waals surface area contributed by atoms with Crippen molar-refractivity contribution in [2.45, 2.75) is 6.92 Å². The number of para-hydroxylation sites is 2. The molecule has 3 aromatic carbocycles. The van der Waals surface area contributed by atoms with E-state index in [1.54, 1.807) is 24.3 Å². The molecule has 0 aliphatic heterocycles. The Kier molecular flexibility index (Phi) is 3.81. The Bertz CT molecular complexity index is 1400. The number of imidazole rings is 1. The molecular formula is C23H15ClN2O2. The molecular weight excluding hydrogens is 372 g/mol. The molecule has 0 amide bonds. The minimum absolute atomic E-state index is 0.395. The average molecular weight is 387 g/mol. The molecule has 0 N–H and O–H groups in total. The van der Waals surface area contributed by atoms with E-state index in [2.05, 4.69) is 0 Å². The van der Waals surface area contributed by atoms with Gasteiger partial charge in [0.15, 0.2) is 5.82 Å². The number of aromatic nitrogens is 2. The lowest BCUT2D eigenvalue weighted by atomic mass is 10.1. The second kappa shape index (κ2) is 6.36. The van der Waals surface area contributed by atoms with Gasteiger partial charge in [-0.3, -0.25) is 4.57 Å². The minimum Gasteiger partial charge on any atom is -0.422 e. The second-order valence-corrected chi connectivity index (χ2v) is 7.16. The summed E-state index contributed by atoms with van der Waals surface area (Å²) in [6.45, 7) is 2.04. The van der Waals surface area contributed by atoms with Gasteiger partial charge in [0.2, 0.25) is 0 Å². The van der Waals surface area contributed by atoms with Gasteiger partial charge in [0.05, 0.1) is 11.0 Å². The van der Waals surface area contributed by atoms with E-state index in [4.69, 9.17) is 21.0 Å². The van der Waals surface area contributed by atoms with Gasteiger partial charge in [-0.2, -0.15) is 0 Å². The van der Waals surface area contributed by atoms with E-state index in [9.17, 15) is 4.79 Å². The first kappa shape index (κ1) is 16.8. The van der Waals surface area contributed by atoms with Crippen LogP contribution in [0.2, 0.25) is 5.02 Å². The zero-order valence-electron chi connectivity index (χ0n) is 15.0. The maximum absolute atomic E-state index is 12.8. The minimum atomic E-state index is -0.432. The lowest BCUT2D eigenvalue weighted by Gasteiger charge is -2.10. The SMILES string of the molecule is Cc1ccc(-n2c(-c3cc4cc(Cl)ccc4oc3=O)nc3ccccc32)cc1. The Morgan fingerprint density at radius 1 is 0.964 bits per heavy atom. The summed E-state index contributed by atoms with van der Waals surface area (Å²) in [6.07, 6.45) is 0. The van der Waals surface area contributed by atoms with Gasteiger partial charge < -0.3 is 4.42 Å².